The molecule has 1 amide bonds. The summed E-state index contributed by atoms with van der Waals surface area (Å²) < 4.78 is 5.40. The van der Waals surface area contributed by atoms with E-state index in [9.17, 15) is 4.79 Å². The lowest BCUT2D eigenvalue weighted by Crippen LogP contribution is -2.48. The SMILES string of the molecule is CNCCCN(C)C(=O)C1CNCCO1. The summed E-state index contributed by atoms with van der Waals surface area (Å²) in [6.45, 7) is 3.81. The van der Waals surface area contributed by atoms with E-state index >= 15 is 0 Å². The second kappa shape index (κ2) is 6.76. The highest BCUT2D eigenvalue weighted by atomic mass is 16.5. The molecule has 0 bridgehead atoms. The molecule has 0 aromatic heterocycles. The van der Waals surface area contributed by atoms with Crippen molar-refractivity contribution in [2.24, 2.45) is 0 Å². The first-order valence-corrected chi connectivity index (χ1v) is 5.47. The van der Waals surface area contributed by atoms with Crippen molar-refractivity contribution in [1.82, 2.24) is 15.5 Å². The van der Waals surface area contributed by atoms with E-state index < -0.39 is 0 Å². The van der Waals surface area contributed by atoms with E-state index in [0.717, 1.165) is 26.1 Å². The van der Waals surface area contributed by atoms with Gasteiger partial charge in [0.05, 0.1) is 6.61 Å². The van der Waals surface area contributed by atoms with Crippen molar-refractivity contribution in [1.29, 1.82) is 0 Å². The number of carbonyl (C=O) groups excluding carboxylic acids is 1. The molecule has 1 rings (SSSR count). The van der Waals surface area contributed by atoms with Crippen LogP contribution in [-0.4, -0.2) is 63.8 Å². The fourth-order valence-corrected chi connectivity index (χ4v) is 1.57. The molecule has 1 unspecified atom stereocenters. The van der Waals surface area contributed by atoms with Gasteiger partial charge in [0.15, 0.2) is 0 Å². The largest absolute Gasteiger partial charge is 0.366 e. The molecule has 0 saturated carbocycles. The molecular weight excluding hydrogens is 194 g/mol. The van der Waals surface area contributed by atoms with E-state index in [-0.39, 0.29) is 12.0 Å². The van der Waals surface area contributed by atoms with Crippen molar-refractivity contribution in [2.45, 2.75) is 12.5 Å². The Labute approximate surface area is 91.2 Å². The van der Waals surface area contributed by atoms with Gasteiger partial charge in [-0.1, -0.05) is 0 Å². The zero-order valence-corrected chi connectivity index (χ0v) is 9.58. The van der Waals surface area contributed by atoms with Gasteiger partial charge in [-0.15, -0.1) is 0 Å². The van der Waals surface area contributed by atoms with Crippen LogP contribution in [0, 0.1) is 0 Å². The van der Waals surface area contributed by atoms with Crippen molar-refractivity contribution in [3.63, 3.8) is 0 Å². The third kappa shape index (κ3) is 4.15. The van der Waals surface area contributed by atoms with Crippen LogP contribution in [0.5, 0.6) is 0 Å². The smallest absolute Gasteiger partial charge is 0.252 e. The molecule has 5 heteroatoms. The highest BCUT2D eigenvalue weighted by Crippen LogP contribution is 2.01. The van der Waals surface area contributed by atoms with Crippen LogP contribution in [-0.2, 0) is 9.53 Å². The van der Waals surface area contributed by atoms with Crippen molar-refractivity contribution in [3.8, 4) is 0 Å². The lowest BCUT2D eigenvalue weighted by molar-refractivity contribution is -0.143. The first kappa shape index (κ1) is 12.4. The predicted molar refractivity (Wildman–Crippen MR) is 58.8 cm³/mol. The molecule has 5 nitrogen and oxygen atoms in total. The Kier molecular flexibility index (Phi) is 5.60. The van der Waals surface area contributed by atoms with Gasteiger partial charge in [0.2, 0.25) is 0 Å². The molecule has 1 heterocycles. The fraction of sp³-hybridized carbons (Fsp3) is 0.900. The van der Waals surface area contributed by atoms with Crippen LogP contribution in [0.25, 0.3) is 0 Å². The molecule has 0 aromatic carbocycles. The van der Waals surface area contributed by atoms with Gasteiger partial charge in [-0.05, 0) is 20.0 Å². The predicted octanol–water partition coefficient (Wildman–Crippen LogP) is -0.957. The van der Waals surface area contributed by atoms with E-state index in [2.05, 4.69) is 10.6 Å². The van der Waals surface area contributed by atoms with Crippen LogP contribution in [0.2, 0.25) is 0 Å². The van der Waals surface area contributed by atoms with Gasteiger partial charge in [-0.3, -0.25) is 4.79 Å². The maximum absolute atomic E-state index is 11.8. The molecule has 1 atom stereocenters. The molecule has 1 saturated heterocycles. The maximum atomic E-state index is 11.8. The minimum absolute atomic E-state index is 0.0818. The second-order valence-electron chi connectivity index (χ2n) is 3.78. The number of morpholine rings is 1. The number of nitrogens with zero attached hydrogens (tertiary/aromatic N) is 1. The third-order valence-corrected chi connectivity index (χ3v) is 2.50. The van der Waals surface area contributed by atoms with E-state index in [1.807, 2.05) is 14.1 Å². The zero-order chi connectivity index (χ0) is 11.1. The molecule has 1 aliphatic heterocycles. The molecule has 15 heavy (non-hydrogen) atoms. The summed E-state index contributed by atoms with van der Waals surface area (Å²) in [5, 5.41) is 6.21. The first-order chi connectivity index (χ1) is 7.25. The highest BCUT2D eigenvalue weighted by molar-refractivity contribution is 5.81. The van der Waals surface area contributed by atoms with Gasteiger partial charge in [0.25, 0.3) is 5.91 Å². The molecule has 0 radical (unpaired) electrons. The number of carbonyl (C=O) groups is 1. The third-order valence-electron chi connectivity index (χ3n) is 2.50. The van der Waals surface area contributed by atoms with Gasteiger partial charge in [0.1, 0.15) is 6.10 Å². The van der Waals surface area contributed by atoms with Crippen LogP contribution in [0.1, 0.15) is 6.42 Å². The van der Waals surface area contributed by atoms with Crippen molar-refractivity contribution in [3.05, 3.63) is 0 Å². The van der Waals surface area contributed by atoms with Crippen LogP contribution >= 0.6 is 0 Å². The van der Waals surface area contributed by atoms with Crippen LogP contribution in [0.4, 0.5) is 0 Å². The lowest BCUT2D eigenvalue weighted by Gasteiger charge is -2.27. The zero-order valence-electron chi connectivity index (χ0n) is 9.58. The molecule has 0 aromatic rings. The average Bonchev–Trinajstić information content (AvgIpc) is 2.29. The molecular formula is C10H21N3O2. The summed E-state index contributed by atoms with van der Waals surface area (Å²) in [5.41, 5.74) is 0. The Morgan fingerprint density at radius 2 is 2.47 bits per heavy atom. The van der Waals surface area contributed by atoms with Crippen LogP contribution < -0.4 is 10.6 Å². The fourth-order valence-electron chi connectivity index (χ4n) is 1.57. The molecule has 0 spiro atoms. The van der Waals surface area contributed by atoms with Crippen LogP contribution in [0.15, 0.2) is 0 Å². The average molecular weight is 215 g/mol. The Morgan fingerprint density at radius 3 is 3.07 bits per heavy atom. The number of hydrogen-bond donors (Lipinski definition) is 2. The minimum Gasteiger partial charge on any atom is -0.366 e. The summed E-state index contributed by atoms with van der Waals surface area (Å²) in [4.78, 5) is 13.6. The number of rotatable bonds is 5. The van der Waals surface area contributed by atoms with E-state index in [1.54, 1.807) is 4.90 Å². The standard InChI is InChI=1S/C10H21N3O2/c1-11-4-3-6-13(2)10(14)9-8-12-5-7-15-9/h9,11-12H,3-8H2,1-2H3. The van der Waals surface area contributed by atoms with Crippen molar-refractivity contribution >= 4 is 5.91 Å². The number of nitrogens with one attached hydrogen (secondary N) is 2. The van der Waals surface area contributed by atoms with Gasteiger partial charge < -0.3 is 20.3 Å². The summed E-state index contributed by atoms with van der Waals surface area (Å²) in [7, 11) is 3.74. The van der Waals surface area contributed by atoms with Gasteiger partial charge >= 0.3 is 0 Å². The Morgan fingerprint density at radius 1 is 1.67 bits per heavy atom. The molecule has 1 fully saturated rings. The van der Waals surface area contributed by atoms with Crippen LogP contribution in [0.3, 0.4) is 0 Å². The first-order valence-electron chi connectivity index (χ1n) is 5.47. The topological polar surface area (TPSA) is 53.6 Å². The van der Waals surface area contributed by atoms with E-state index in [1.165, 1.54) is 0 Å². The second-order valence-corrected chi connectivity index (χ2v) is 3.78. The number of amides is 1. The maximum Gasteiger partial charge on any atom is 0.252 e. The van der Waals surface area contributed by atoms with Crippen molar-refractivity contribution in [2.75, 3.05) is 46.9 Å². The summed E-state index contributed by atoms with van der Waals surface area (Å²) in [6, 6.07) is 0. The molecule has 88 valence electrons. The highest BCUT2D eigenvalue weighted by Gasteiger charge is 2.24. The van der Waals surface area contributed by atoms with Gasteiger partial charge in [0, 0.05) is 26.7 Å². The van der Waals surface area contributed by atoms with Gasteiger partial charge in [-0.2, -0.15) is 0 Å². The van der Waals surface area contributed by atoms with E-state index in [4.69, 9.17) is 4.74 Å². The number of likely N-dealkylation sites (N-methyl/N-ethyl adjacent to an activating group) is 1. The Balaban J connectivity index is 2.24. The Hall–Kier alpha value is -0.650. The summed E-state index contributed by atoms with van der Waals surface area (Å²) >= 11 is 0. The van der Waals surface area contributed by atoms with Crippen molar-refractivity contribution < 1.29 is 9.53 Å². The normalized spacial score (nSPS) is 21.3. The van der Waals surface area contributed by atoms with Gasteiger partial charge in [-0.25, -0.2) is 0 Å². The monoisotopic (exact) mass is 215 g/mol. The lowest BCUT2D eigenvalue weighted by atomic mass is 10.2. The molecule has 1 aliphatic rings. The number of ether oxygens (including phenoxy) is 1. The Bertz CT molecular complexity index is 193. The minimum atomic E-state index is -0.293. The summed E-state index contributed by atoms with van der Waals surface area (Å²) in [6.07, 6.45) is 0.678. The molecule has 0 aliphatic carbocycles. The summed E-state index contributed by atoms with van der Waals surface area (Å²) in [5.74, 6) is 0.0818. The molecule has 2 N–H and O–H groups in total. The number of hydrogen-bond acceptors (Lipinski definition) is 4. The van der Waals surface area contributed by atoms with E-state index in [0.29, 0.717) is 13.2 Å². The quantitative estimate of drug-likeness (QED) is 0.580.